The van der Waals surface area contributed by atoms with E-state index in [2.05, 4.69) is 9.97 Å². The standard InChI is InChI=1S/C10H6ClFN2S/c11-7-3-1-2-6(4-7)9-8(12)5-13-10(15)14-9/h1-5H,(H,13,14,15). The maximum atomic E-state index is 13.4. The van der Waals surface area contributed by atoms with Gasteiger partial charge < -0.3 is 4.98 Å². The lowest BCUT2D eigenvalue weighted by Gasteiger charge is -2.03. The van der Waals surface area contributed by atoms with Gasteiger partial charge in [-0.2, -0.15) is 0 Å². The number of benzene rings is 1. The quantitative estimate of drug-likeness (QED) is 0.772. The molecular weight excluding hydrogens is 235 g/mol. The van der Waals surface area contributed by atoms with Crippen LogP contribution in [0.5, 0.6) is 0 Å². The number of hydrogen-bond donors (Lipinski definition) is 1. The number of aromatic amines is 1. The van der Waals surface area contributed by atoms with E-state index in [0.717, 1.165) is 6.20 Å². The van der Waals surface area contributed by atoms with Gasteiger partial charge in [-0.15, -0.1) is 0 Å². The first-order valence-corrected chi connectivity index (χ1v) is 4.96. The molecule has 0 amide bonds. The summed E-state index contributed by atoms with van der Waals surface area (Å²) < 4.78 is 13.6. The predicted molar refractivity (Wildman–Crippen MR) is 59.8 cm³/mol. The largest absolute Gasteiger partial charge is 0.328 e. The molecule has 76 valence electrons. The molecule has 1 aromatic heterocycles. The molecular formula is C10H6ClFN2S. The number of rotatable bonds is 1. The topological polar surface area (TPSA) is 28.7 Å². The van der Waals surface area contributed by atoms with Crippen LogP contribution >= 0.6 is 23.8 Å². The van der Waals surface area contributed by atoms with Gasteiger partial charge in [0.1, 0.15) is 0 Å². The van der Waals surface area contributed by atoms with Gasteiger partial charge in [-0.25, -0.2) is 9.37 Å². The van der Waals surface area contributed by atoms with Crippen LogP contribution in [0.2, 0.25) is 5.02 Å². The SMILES string of the molecule is Fc1cnc(=S)[nH]c1-c1cccc(Cl)c1. The summed E-state index contributed by atoms with van der Waals surface area (Å²) in [6, 6.07) is 6.87. The van der Waals surface area contributed by atoms with E-state index in [4.69, 9.17) is 23.8 Å². The summed E-state index contributed by atoms with van der Waals surface area (Å²) >= 11 is 10.6. The van der Waals surface area contributed by atoms with Crippen molar-refractivity contribution < 1.29 is 4.39 Å². The molecule has 1 aromatic carbocycles. The van der Waals surface area contributed by atoms with E-state index < -0.39 is 5.82 Å². The smallest absolute Gasteiger partial charge is 0.197 e. The van der Waals surface area contributed by atoms with Crippen molar-refractivity contribution in [2.45, 2.75) is 0 Å². The summed E-state index contributed by atoms with van der Waals surface area (Å²) in [7, 11) is 0. The molecule has 0 saturated carbocycles. The Kier molecular flexibility index (Phi) is 2.79. The molecule has 0 fully saturated rings. The zero-order valence-corrected chi connectivity index (χ0v) is 9.07. The van der Waals surface area contributed by atoms with Gasteiger partial charge in [-0.05, 0) is 24.4 Å². The van der Waals surface area contributed by atoms with Crippen LogP contribution in [0, 0.1) is 10.6 Å². The van der Waals surface area contributed by atoms with Crippen LogP contribution in [0.1, 0.15) is 0 Å². The van der Waals surface area contributed by atoms with Crippen LogP contribution < -0.4 is 0 Å². The van der Waals surface area contributed by atoms with Crippen LogP contribution in [0.3, 0.4) is 0 Å². The fraction of sp³-hybridized carbons (Fsp3) is 0. The number of halogens is 2. The van der Waals surface area contributed by atoms with Crippen molar-refractivity contribution in [2.75, 3.05) is 0 Å². The summed E-state index contributed by atoms with van der Waals surface area (Å²) in [6.45, 7) is 0. The van der Waals surface area contributed by atoms with E-state index >= 15 is 0 Å². The molecule has 0 aliphatic heterocycles. The summed E-state index contributed by atoms with van der Waals surface area (Å²) in [4.78, 5) is 6.33. The molecule has 0 saturated heterocycles. The molecule has 0 spiro atoms. The molecule has 0 aliphatic carbocycles. The van der Waals surface area contributed by atoms with Crippen LogP contribution in [0.25, 0.3) is 11.3 Å². The fourth-order valence-corrected chi connectivity index (χ4v) is 1.58. The van der Waals surface area contributed by atoms with Crippen molar-refractivity contribution in [3.05, 3.63) is 46.1 Å². The Hall–Kier alpha value is -1.26. The van der Waals surface area contributed by atoms with Crippen molar-refractivity contribution >= 4 is 23.8 Å². The van der Waals surface area contributed by atoms with Gasteiger partial charge in [0.25, 0.3) is 0 Å². The van der Waals surface area contributed by atoms with Crippen LogP contribution in [0.4, 0.5) is 4.39 Å². The number of nitrogens with one attached hydrogen (secondary N) is 1. The molecule has 2 nitrogen and oxygen atoms in total. The Bertz CT molecular complexity index is 553. The molecule has 0 atom stereocenters. The zero-order chi connectivity index (χ0) is 10.8. The van der Waals surface area contributed by atoms with Gasteiger partial charge in [0, 0.05) is 10.6 Å². The third-order valence-electron chi connectivity index (χ3n) is 1.88. The molecule has 15 heavy (non-hydrogen) atoms. The summed E-state index contributed by atoms with van der Waals surface area (Å²) in [6.07, 6.45) is 1.09. The van der Waals surface area contributed by atoms with Crippen LogP contribution in [0.15, 0.2) is 30.5 Å². The minimum Gasteiger partial charge on any atom is -0.328 e. The lowest BCUT2D eigenvalue weighted by atomic mass is 10.1. The number of nitrogens with zero attached hydrogens (tertiary/aromatic N) is 1. The lowest BCUT2D eigenvalue weighted by molar-refractivity contribution is 0.617. The predicted octanol–water partition coefficient (Wildman–Crippen LogP) is 3.60. The van der Waals surface area contributed by atoms with E-state index in [1.54, 1.807) is 24.3 Å². The maximum absolute atomic E-state index is 13.4. The second-order valence-corrected chi connectivity index (χ2v) is 3.74. The Labute approximate surface area is 95.8 Å². The first-order chi connectivity index (χ1) is 7.16. The van der Waals surface area contributed by atoms with E-state index in [0.29, 0.717) is 16.3 Å². The minimum atomic E-state index is -0.453. The van der Waals surface area contributed by atoms with Crippen molar-refractivity contribution in [1.82, 2.24) is 9.97 Å². The van der Waals surface area contributed by atoms with E-state index in [9.17, 15) is 4.39 Å². The summed E-state index contributed by atoms with van der Waals surface area (Å²) in [5.41, 5.74) is 0.950. The molecule has 0 unspecified atom stereocenters. The normalized spacial score (nSPS) is 10.3. The molecule has 5 heteroatoms. The molecule has 1 heterocycles. The van der Waals surface area contributed by atoms with Gasteiger partial charge in [0.05, 0.1) is 11.9 Å². The third kappa shape index (κ3) is 2.22. The fourth-order valence-electron chi connectivity index (χ4n) is 1.23. The van der Waals surface area contributed by atoms with Crippen molar-refractivity contribution in [3.63, 3.8) is 0 Å². The first kappa shape index (κ1) is 10.3. The molecule has 0 aliphatic rings. The van der Waals surface area contributed by atoms with Crippen LogP contribution in [-0.4, -0.2) is 9.97 Å². The number of H-pyrrole nitrogens is 1. The van der Waals surface area contributed by atoms with Crippen molar-refractivity contribution in [2.24, 2.45) is 0 Å². The third-order valence-corrected chi connectivity index (χ3v) is 2.32. The molecule has 2 rings (SSSR count). The lowest BCUT2D eigenvalue weighted by Crippen LogP contribution is -1.92. The molecule has 0 bridgehead atoms. The zero-order valence-electron chi connectivity index (χ0n) is 7.50. The molecule has 1 N–H and O–H groups in total. The Balaban J connectivity index is 2.63. The van der Waals surface area contributed by atoms with Gasteiger partial charge in [-0.1, -0.05) is 23.7 Å². The van der Waals surface area contributed by atoms with Gasteiger partial charge in [0.15, 0.2) is 10.6 Å². The van der Waals surface area contributed by atoms with Crippen molar-refractivity contribution in [1.29, 1.82) is 0 Å². The monoisotopic (exact) mass is 240 g/mol. The Morgan fingerprint density at radius 1 is 1.40 bits per heavy atom. The van der Waals surface area contributed by atoms with Gasteiger partial charge >= 0.3 is 0 Å². The van der Waals surface area contributed by atoms with Gasteiger partial charge in [0.2, 0.25) is 0 Å². The van der Waals surface area contributed by atoms with Gasteiger partial charge in [-0.3, -0.25) is 0 Å². The Morgan fingerprint density at radius 3 is 2.93 bits per heavy atom. The van der Waals surface area contributed by atoms with E-state index in [1.807, 2.05) is 0 Å². The average molecular weight is 241 g/mol. The molecule has 2 aromatic rings. The summed E-state index contributed by atoms with van der Waals surface area (Å²) in [5, 5.41) is 0.544. The number of aromatic nitrogens is 2. The number of hydrogen-bond acceptors (Lipinski definition) is 2. The van der Waals surface area contributed by atoms with E-state index in [-0.39, 0.29) is 4.77 Å². The maximum Gasteiger partial charge on any atom is 0.197 e. The first-order valence-electron chi connectivity index (χ1n) is 4.17. The highest BCUT2D eigenvalue weighted by Crippen LogP contribution is 2.22. The second-order valence-electron chi connectivity index (χ2n) is 2.92. The molecule has 0 radical (unpaired) electrons. The second kappa shape index (κ2) is 4.08. The van der Waals surface area contributed by atoms with Crippen LogP contribution in [-0.2, 0) is 0 Å². The van der Waals surface area contributed by atoms with Crippen molar-refractivity contribution in [3.8, 4) is 11.3 Å². The van der Waals surface area contributed by atoms with E-state index in [1.165, 1.54) is 0 Å². The average Bonchev–Trinajstić information content (AvgIpc) is 2.22. The highest BCUT2D eigenvalue weighted by Gasteiger charge is 2.05. The minimum absolute atomic E-state index is 0.242. The highest BCUT2D eigenvalue weighted by molar-refractivity contribution is 7.71. The Morgan fingerprint density at radius 2 is 2.20 bits per heavy atom. The highest BCUT2D eigenvalue weighted by atomic mass is 35.5. The summed E-state index contributed by atoms with van der Waals surface area (Å²) in [5.74, 6) is -0.453.